The fraction of sp³-hybridized carbons (Fsp3) is 0.278. The second-order valence-corrected chi connectivity index (χ2v) is 6.07. The van der Waals surface area contributed by atoms with Gasteiger partial charge in [-0.3, -0.25) is 19.3 Å². The second-order valence-electron chi connectivity index (χ2n) is 6.07. The summed E-state index contributed by atoms with van der Waals surface area (Å²) in [7, 11) is 0. The van der Waals surface area contributed by atoms with Crippen LogP contribution in [0.15, 0.2) is 55.6 Å². The number of rotatable bonds is 3. The summed E-state index contributed by atoms with van der Waals surface area (Å²) in [5.74, 6) is 0.951. The molecular formula is C18H18N6O. The zero-order valence-corrected chi connectivity index (χ0v) is 13.7. The predicted octanol–water partition coefficient (Wildman–Crippen LogP) is 2.08. The number of amides is 1. The van der Waals surface area contributed by atoms with Gasteiger partial charge in [0, 0.05) is 56.2 Å². The number of pyridine rings is 1. The molecular weight excluding hydrogens is 316 g/mol. The van der Waals surface area contributed by atoms with Gasteiger partial charge in [0.1, 0.15) is 6.33 Å². The molecule has 1 saturated heterocycles. The number of imidazole rings is 1. The molecule has 1 amide bonds. The Balaban J connectivity index is 1.59. The van der Waals surface area contributed by atoms with E-state index in [4.69, 9.17) is 0 Å². The molecule has 4 heterocycles. The van der Waals surface area contributed by atoms with Gasteiger partial charge in [-0.05, 0) is 25.0 Å². The standard InChI is InChI=1S/C18H18N6O/c25-18(14-3-1-5-19-11-14)23-9-2-4-15(12-23)16-17(22-7-6-21-16)24-10-8-20-13-24/h1,3,5-8,10-11,13,15H,2,4,9,12H2/t15-/m0/s1. The van der Waals surface area contributed by atoms with Crippen molar-refractivity contribution in [3.8, 4) is 5.82 Å². The van der Waals surface area contributed by atoms with Gasteiger partial charge in [0.2, 0.25) is 0 Å². The van der Waals surface area contributed by atoms with E-state index in [1.54, 1.807) is 49.4 Å². The average molecular weight is 334 g/mol. The van der Waals surface area contributed by atoms with Crippen LogP contribution in [0, 0.1) is 0 Å². The van der Waals surface area contributed by atoms with Crippen molar-refractivity contribution in [2.24, 2.45) is 0 Å². The Kier molecular flexibility index (Phi) is 4.20. The van der Waals surface area contributed by atoms with Crippen molar-refractivity contribution in [3.63, 3.8) is 0 Å². The lowest BCUT2D eigenvalue weighted by Gasteiger charge is -2.33. The monoisotopic (exact) mass is 334 g/mol. The quantitative estimate of drug-likeness (QED) is 0.733. The number of carbonyl (C=O) groups excluding carboxylic acids is 1. The van der Waals surface area contributed by atoms with Crippen molar-refractivity contribution in [2.45, 2.75) is 18.8 Å². The Morgan fingerprint density at radius 1 is 1.12 bits per heavy atom. The van der Waals surface area contributed by atoms with Crippen LogP contribution in [0.1, 0.15) is 34.8 Å². The summed E-state index contributed by atoms with van der Waals surface area (Å²) in [4.78, 5) is 31.8. The highest BCUT2D eigenvalue weighted by molar-refractivity contribution is 5.94. The number of piperidine rings is 1. The van der Waals surface area contributed by atoms with Crippen LogP contribution in [0.25, 0.3) is 5.82 Å². The highest BCUT2D eigenvalue weighted by Crippen LogP contribution is 2.29. The lowest BCUT2D eigenvalue weighted by Crippen LogP contribution is -2.39. The summed E-state index contributed by atoms with van der Waals surface area (Å²) in [6, 6.07) is 3.59. The Bertz CT molecular complexity index is 849. The minimum Gasteiger partial charge on any atom is -0.338 e. The molecule has 1 aliphatic heterocycles. The highest BCUT2D eigenvalue weighted by atomic mass is 16.2. The molecule has 0 bridgehead atoms. The van der Waals surface area contributed by atoms with Gasteiger partial charge in [-0.2, -0.15) is 0 Å². The van der Waals surface area contributed by atoms with Crippen LogP contribution in [0.4, 0.5) is 0 Å². The maximum absolute atomic E-state index is 12.7. The molecule has 3 aromatic rings. The van der Waals surface area contributed by atoms with E-state index in [9.17, 15) is 4.79 Å². The van der Waals surface area contributed by atoms with Crippen LogP contribution >= 0.6 is 0 Å². The summed E-state index contributed by atoms with van der Waals surface area (Å²) in [6.45, 7) is 1.39. The van der Waals surface area contributed by atoms with Crippen molar-refractivity contribution in [3.05, 3.63) is 66.9 Å². The minimum atomic E-state index is 0.0193. The zero-order valence-electron chi connectivity index (χ0n) is 13.7. The molecule has 7 heteroatoms. The Morgan fingerprint density at radius 2 is 2.04 bits per heavy atom. The van der Waals surface area contributed by atoms with Gasteiger partial charge < -0.3 is 4.90 Å². The van der Waals surface area contributed by atoms with Crippen molar-refractivity contribution in [2.75, 3.05) is 13.1 Å². The van der Waals surface area contributed by atoms with Crippen molar-refractivity contribution in [1.29, 1.82) is 0 Å². The van der Waals surface area contributed by atoms with E-state index in [1.807, 2.05) is 15.7 Å². The minimum absolute atomic E-state index is 0.0193. The number of carbonyl (C=O) groups is 1. The fourth-order valence-electron chi connectivity index (χ4n) is 3.27. The van der Waals surface area contributed by atoms with Gasteiger partial charge in [0.05, 0.1) is 11.3 Å². The maximum Gasteiger partial charge on any atom is 0.255 e. The molecule has 0 radical (unpaired) electrons. The zero-order chi connectivity index (χ0) is 17.1. The summed E-state index contributed by atoms with van der Waals surface area (Å²) < 4.78 is 1.87. The normalized spacial score (nSPS) is 17.4. The van der Waals surface area contributed by atoms with E-state index in [0.717, 1.165) is 30.9 Å². The predicted molar refractivity (Wildman–Crippen MR) is 91.3 cm³/mol. The molecule has 1 fully saturated rings. The molecule has 3 aromatic heterocycles. The van der Waals surface area contributed by atoms with Gasteiger partial charge in [-0.25, -0.2) is 9.97 Å². The second kappa shape index (κ2) is 6.80. The number of hydrogen-bond donors (Lipinski definition) is 0. The van der Waals surface area contributed by atoms with E-state index >= 15 is 0 Å². The van der Waals surface area contributed by atoms with Crippen molar-refractivity contribution < 1.29 is 4.79 Å². The number of likely N-dealkylation sites (tertiary alicyclic amines) is 1. The van der Waals surface area contributed by atoms with E-state index in [-0.39, 0.29) is 11.8 Å². The first-order valence-electron chi connectivity index (χ1n) is 8.31. The van der Waals surface area contributed by atoms with Crippen LogP contribution in [-0.4, -0.2) is 48.4 Å². The molecule has 0 N–H and O–H groups in total. The molecule has 0 aliphatic carbocycles. The maximum atomic E-state index is 12.7. The SMILES string of the molecule is O=C(c1cccnc1)N1CCC[C@H](c2nccnc2-n2ccnc2)C1. The summed E-state index contributed by atoms with van der Waals surface area (Å²) in [6.07, 6.45) is 13.9. The first-order valence-corrected chi connectivity index (χ1v) is 8.31. The number of nitrogens with zero attached hydrogens (tertiary/aromatic N) is 6. The van der Waals surface area contributed by atoms with Crippen molar-refractivity contribution in [1.82, 2.24) is 29.4 Å². The summed E-state index contributed by atoms with van der Waals surface area (Å²) in [5.41, 5.74) is 1.53. The largest absolute Gasteiger partial charge is 0.338 e. The molecule has 126 valence electrons. The lowest BCUT2D eigenvalue weighted by atomic mass is 9.94. The number of aromatic nitrogens is 5. The highest BCUT2D eigenvalue weighted by Gasteiger charge is 2.28. The molecule has 0 saturated carbocycles. The van der Waals surface area contributed by atoms with Gasteiger partial charge in [-0.15, -0.1) is 0 Å². The molecule has 25 heavy (non-hydrogen) atoms. The molecule has 0 aromatic carbocycles. The molecule has 0 spiro atoms. The Hall–Kier alpha value is -3.09. The summed E-state index contributed by atoms with van der Waals surface area (Å²) >= 11 is 0. The van der Waals surface area contributed by atoms with Crippen molar-refractivity contribution >= 4 is 5.91 Å². The molecule has 0 unspecified atom stereocenters. The van der Waals surface area contributed by atoms with Gasteiger partial charge in [-0.1, -0.05) is 0 Å². The van der Waals surface area contributed by atoms with Gasteiger partial charge >= 0.3 is 0 Å². The Morgan fingerprint density at radius 3 is 2.84 bits per heavy atom. The molecule has 7 nitrogen and oxygen atoms in total. The van der Waals surface area contributed by atoms with Gasteiger partial charge in [0.15, 0.2) is 5.82 Å². The topological polar surface area (TPSA) is 76.8 Å². The smallest absolute Gasteiger partial charge is 0.255 e. The molecule has 4 rings (SSSR count). The first-order chi connectivity index (χ1) is 12.3. The summed E-state index contributed by atoms with van der Waals surface area (Å²) in [5, 5.41) is 0. The third-order valence-corrected chi connectivity index (χ3v) is 4.46. The lowest BCUT2D eigenvalue weighted by molar-refractivity contribution is 0.0705. The average Bonchev–Trinajstić information content (AvgIpc) is 3.23. The van der Waals surface area contributed by atoms with Crippen LogP contribution in [0.5, 0.6) is 0 Å². The number of hydrogen-bond acceptors (Lipinski definition) is 5. The molecule has 1 aliphatic rings. The van der Waals surface area contributed by atoms with Gasteiger partial charge in [0.25, 0.3) is 5.91 Å². The van der Waals surface area contributed by atoms with Crippen LogP contribution in [-0.2, 0) is 0 Å². The third-order valence-electron chi connectivity index (χ3n) is 4.46. The van der Waals surface area contributed by atoms with Crippen LogP contribution in [0.3, 0.4) is 0 Å². The van der Waals surface area contributed by atoms with E-state index in [0.29, 0.717) is 12.1 Å². The van der Waals surface area contributed by atoms with Crippen LogP contribution < -0.4 is 0 Å². The third kappa shape index (κ3) is 3.13. The van der Waals surface area contributed by atoms with Crippen LogP contribution in [0.2, 0.25) is 0 Å². The van der Waals surface area contributed by atoms with E-state index < -0.39 is 0 Å². The van der Waals surface area contributed by atoms with E-state index in [1.165, 1.54) is 0 Å². The fourth-order valence-corrected chi connectivity index (χ4v) is 3.27. The Labute approximate surface area is 145 Å². The molecule has 1 atom stereocenters. The van der Waals surface area contributed by atoms with E-state index in [2.05, 4.69) is 19.9 Å². The first kappa shape index (κ1) is 15.4.